The summed E-state index contributed by atoms with van der Waals surface area (Å²) >= 11 is 0. The van der Waals surface area contributed by atoms with Gasteiger partial charge in [-0.05, 0) is 18.8 Å². The summed E-state index contributed by atoms with van der Waals surface area (Å²) in [6.45, 7) is 0. The van der Waals surface area contributed by atoms with Crippen LogP contribution in [-0.4, -0.2) is 25.5 Å². The molecule has 0 aromatic rings. The van der Waals surface area contributed by atoms with Crippen molar-refractivity contribution in [3.8, 4) is 0 Å². The summed E-state index contributed by atoms with van der Waals surface area (Å²) < 4.78 is 4.66. The number of methoxy groups -OCH3 is 1. The van der Waals surface area contributed by atoms with Gasteiger partial charge in [-0.1, -0.05) is 19.3 Å². The predicted molar refractivity (Wildman–Crippen MR) is 51.6 cm³/mol. The summed E-state index contributed by atoms with van der Waals surface area (Å²) in [7, 11) is 1.35. The van der Waals surface area contributed by atoms with Crippen LogP contribution in [0.1, 0.15) is 32.1 Å². The van der Waals surface area contributed by atoms with Crippen molar-refractivity contribution >= 4 is 12.4 Å². The van der Waals surface area contributed by atoms with Gasteiger partial charge in [0.2, 0.25) is 6.41 Å². The van der Waals surface area contributed by atoms with Crippen LogP contribution in [0.3, 0.4) is 0 Å². The molecule has 0 heterocycles. The number of hydrogen-bond donors (Lipinski definition) is 1. The van der Waals surface area contributed by atoms with Crippen molar-refractivity contribution in [1.29, 1.82) is 0 Å². The molecular weight excluding hydrogens is 182 g/mol. The zero-order valence-electron chi connectivity index (χ0n) is 8.49. The molecule has 0 aromatic carbocycles. The fourth-order valence-electron chi connectivity index (χ4n) is 2.06. The SMILES string of the molecule is COC(=O)[C@H](NC=O)C1CCCCC1. The second-order valence-corrected chi connectivity index (χ2v) is 3.68. The van der Waals surface area contributed by atoms with Gasteiger partial charge in [0.1, 0.15) is 6.04 Å². The van der Waals surface area contributed by atoms with E-state index in [2.05, 4.69) is 10.1 Å². The Kier molecular flexibility index (Phi) is 4.43. The first-order chi connectivity index (χ1) is 6.79. The first-order valence-electron chi connectivity index (χ1n) is 5.07. The lowest BCUT2D eigenvalue weighted by molar-refractivity contribution is -0.146. The maximum Gasteiger partial charge on any atom is 0.328 e. The molecule has 0 aliphatic heterocycles. The molecule has 0 radical (unpaired) electrons. The Labute approximate surface area is 84.0 Å². The zero-order valence-corrected chi connectivity index (χ0v) is 8.49. The lowest BCUT2D eigenvalue weighted by Gasteiger charge is -2.27. The summed E-state index contributed by atoms with van der Waals surface area (Å²) in [5, 5.41) is 2.55. The zero-order chi connectivity index (χ0) is 10.4. The van der Waals surface area contributed by atoms with E-state index < -0.39 is 6.04 Å². The number of esters is 1. The molecule has 1 aliphatic carbocycles. The summed E-state index contributed by atoms with van der Waals surface area (Å²) in [5.74, 6) is -0.0783. The van der Waals surface area contributed by atoms with Crippen molar-refractivity contribution in [2.75, 3.05) is 7.11 Å². The monoisotopic (exact) mass is 199 g/mol. The molecule has 4 heteroatoms. The Balaban J connectivity index is 2.55. The number of rotatable bonds is 4. The van der Waals surface area contributed by atoms with Crippen molar-refractivity contribution in [1.82, 2.24) is 5.32 Å². The number of ether oxygens (including phenoxy) is 1. The number of hydrogen-bond acceptors (Lipinski definition) is 3. The highest BCUT2D eigenvalue weighted by Gasteiger charge is 2.29. The fourth-order valence-corrected chi connectivity index (χ4v) is 2.06. The molecule has 14 heavy (non-hydrogen) atoms. The van der Waals surface area contributed by atoms with E-state index in [1.54, 1.807) is 0 Å². The Bertz CT molecular complexity index is 200. The maximum absolute atomic E-state index is 11.4. The van der Waals surface area contributed by atoms with Crippen LogP contribution >= 0.6 is 0 Å². The van der Waals surface area contributed by atoms with Gasteiger partial charge in [-0.15, -0.1) is 0 Å². The third-order valence-electron chi connectivity index (χ3n) is 2.82. The third-order valence-corrected chi connectivity index (χ3v) is 2.82. The van der Waals surface area contributed by atoms with Crippen LogP contribution in [0.15, 0.2) is 0 Å². The summed E-state index contributed by atoms with van der Waals surface area (Å²) in [5.41, 5.74) is 0. The second-order valence-electron chi connectivity index (χ2n) is 3.68. The fraction of sp³-hybridized carbons (Fsp3) is 0.800. The van der Waals surface area contributed by atoms with Gasteiger partial charge in [-0.25, -0.2) is 4.79 Å². The molecule has 1 saturated carbocycles. The van der Waals surface area contributed by atoms with Crippen molar-refractivity contribution in [2.45, 2.75) is 38.1 Å². The van der Waals surface area contributed by atoms with Crippen LogP contribution in [0.25, 0.3) is 0 Å². The van der Waals surface area contributed by atoms with Gasteiger partial charge < -0.3 is 10.1 Å². The van der Waals surface area contributed by atoms with Gasteiger partial charge in [0.15, 0.2) is 0 Å². The summed E-state index contributed by atoms with van der Waals surface area (Å²) in [4.78, 5) is 21.7. The van der Waals surface area contributed by atoms with Crippen LogP contribution in [0, 0.1) is 5.92 Å². The average molecular weight is 199 g/mol. The molecule has 0 bridgehead atoms. The summed E-state index contributed by atoms with van der Waals surface area (Å²) in [6, 6.07) is -0.446. The van der Waals surface area contributed by atoms with Gasteiger partial charge in [-0.3, -0.25) is 4.79 Å². The molecule has 4 nitrogen and oxygen atoms in total. The smallest absolute Gasteiger partial charge is 0.328 e. The van der Waals surface area contributed by atoms with Crippen LogP contribution in [-0.2, 0) is 14.3 Å². The van der Waals surface area contributed by atoms with Crippen LogP contribution in [0.4, 0.5) is 0 Å². The van der Waals surface area contributed by atoms with E-state index in [1.165, 1.54) is 13.5 Å². The van der Waals surface area contributed by atoms with Gasteiger partial charge in [-0.2, -0.15) is 0 Å². The van der Waals surface area contributed by atoms with Gasteiger partial charge >= 0.3 is 5.97 Å². The second kappa shape index (κ2) is 5.62. The van der Waals surface area contributed by atoms with Crippen molar-refractivity contribution in [3.05, 3.63) is 0 Å². The van der Waals surface area contributed by atoms with E-state index in [1.807, 2.05) is 0 Å². The van der Waals surface area contributed by atoms with E-state index in [4.69, 9.17) is 0 Å². The van der Waals surface area contributed by atoms with Gasteiger partial charge in [0.25, 0.3) is 0 Å². The minimum atomic E-state index is -0.446. The first kappa shape index (κ1) is 11.0. The van der Waals surface area contributed by atoms with Crippen molar-refractivity contribution in [3.63, 3.8) is 0 Å². The molecule has 1 aliphatic rings. The molecule has 1 atom stereocenters. The lowest BCUT2D eigenvalue weighted by atomic mass is 9.84. The molecule has 1 fully saturated rings. The Hall–Kier alpha value is -1.06. The molecule has 0 saturated heterocycles. The molecule has 1 rings (SSSR count). The highest BCUT2D eigenvalue weighted by Crippen LogP contribution is 2.26. The van der Waals surface area contributed by atoms with E-state index >= 15 is 0 Å². The summed E-state index contributed by atoms with van der Waals surface area (Å²) in [6.07, 6.45) is 6.08. The molecule has 1 N–H and O–H groups in total. The number of amides is 1. The predicted octanol–water partition coefficient (Wildman–Crippen LogP) is 0.854. The van der Waals surface area contributed by atoms with Gasteiger partial charge in [0.05, 0.1) is 7.11 Å². The Morgan fingerprint density at radius 2 is 2.07 bits per heavy atom. The Morgan fingerprint density at radius 3 is 2.57 bits per heavy atom. The van der Waals surface area contributed by atoms with Crippen molar-refractivity contribution in [2.24, 2.45) is 5.92 Å². The molecule has 0 aromatic heterocycles. The van der Waals surface area contributed by atoms with Crippen LogP contribution in [0.2, 0.25) is 0 Å². The van der Waals surface area contributed by atoms with Gasteiger partial charge in [0, 0.05) is 0 Å². The third kappa shape index (κ3) is 2.72. The average Bonchev–Trinajstić information content (AvgIpc) is 2.26. The molecule has 1 amide bonds. The normalized spacial score (nSPS) is 19.8. The topological polar surface area (TPSA) is 55.4 Å². The molecule has 0 unspecified atom stereocenters. The molecular formula is C10H17NO3. The highest BCUT2D eigenvalue weighted by atomic mass is 16.5. The largest absolute Gasteiger partial charge is 0.467 e. The van der Waals surface area contributed by atoms with E-state index in [-0.39, 0.29) is 11.9 Å². The minimum Gasteiger partial charge on any atom is -0.467 e. The highest BCUT2D eigenvalue weighted by molar-refractivity contribution is 5.78. The lowest BCUT2D eigenvalue weighted by Crippen LogP contribution is -2.43. The maximum atomic E-state index is 11.4. The molecule has 0 spiro atoms. The first-order valence-corrected chi connectivity index (χ1v) is 5.07. The number of carbonyl (C=O) groups excluding carboxylic acids is 2. The van der Waals surface area contributed by atoms with E-state index in [0.29, 0.717) is 6.41 Å². The minimum absolute atomic E-state index is 0.251. The van der Waals surface area contributed by atoms with E-state index in [9.17, 15) is 9.59 Å². The van der Waals surface area contributed by atoms with Crippen molar-refractivity contribution < 1.29 is 14.3 Å². The molecule has 80 valence electrons. The van der Waals surface area contributed by atoms with Crippen LogP contribution in [0.5, 0.6) is 0 Å². The number of nitrogens with one attached hydrogen (secondary N) is 1. The number of carbonyl (C=O) groups is 2. The standard InChI is InChI=1S/C10H17NO3/c1-14-10(13)9(11-7-12)8-5-3-2-4-6-8/h7-9H,2-6H2,1H3,(H,11,12)/t9-/m1/s1. The quantitative estimate of drug-likeness (QED) is 0.539. The van der Waals surface area contributed by atoms with Crippen LogP contribution < -0.4 is 5.32 Å². The van der Waals surface area contributed by atoms with E-state index in [0.717, 1.165) is 25.7 Å². The Morgan fingerprint density at radius 1 is 1.43 bits per heavy atom.